The van der Waals surface area contributed by atoms with Crippen molar-refractivity contribution in [1.82, 2.24) is 4.90 Å². The van der Waals surface area contributed by atoms with Gasteiger partial charge in [0.15, 0.2) is 0 Å². The van der Waals surface area contributed by atoms with Gasteiger partial charge in [0.05, 0.1) is 6.10 Å². The number of rotatable bonds is 27. The lowest BCUT2D eigenvalue weighted by atomic mass is 9.90. The summed E-state index contributed by atoms with van der Waals surface area (Å²) in [5.41, 5.74) is 0. The monoisotopic (exact) mass is 531 g/mol. The van der Waals surface area contributed by atoms with Crippen molar-refractivity contribution in [3.05, 3.63) is 12.2 Å². The molecule has 0 aliphatic carbocycles. The highest BCUT2D eigenvalue weighted by atomic mass is 31.2. The van der Waals surface area contributed by atoms with Crippen LogP contribution in [0.15, 0.2) is 12.2 Å². The average molecular weight is 532 g/mol. The zero-order valence-electron chi connectivity index (χ0n) is 24.2. The minimum absolute atomic E-state index is 0.0753. The Kier molecular flexibility index (Phi) is 25.0. The Morgan fingerprint density at radius 2 is 1.08 bits per heavy atom. The maximum atomic E-state index is 11.1. The molecular formula is C30H62NO4P. The normalized spacial score (nSPS) is 14.2. The molecule has 0 aromatic rings. The quantitative estimate of drug-likeness (QED) is 0.0562. The van der Waals surface area contributed by atoms with Gasteiger partial charge in [0, 0.05) is 12.7 Å². The maximum Gasteiger partial charge on any atom is 0.325 e. The molecule has 0 saturated carbocycles. The van der Waals surface area contributed by atoms with E-state index in [1.165, 1.54) is 109 Å². The summed E-state index contributed by atoms with van der Waals surface area (Å²) < 4.78 is 11.1. The molecule has 6 heteroatoms. The smallest absolute Gasteiger partial charge is 0.325 e. The molecule has 216 valence electrons. The van der Waals surface area contributed by atoms with Gasteiger partial charge in [-0.1, -0.05) is 109 Å². The number of hydrogen-bond acceptors (Lipinski definition) is 3. The van der Waals surface area contributed by atoms with E-state index in [9.17, 15) is 9.67 Å². The van der Waals surface area contributed by atoms with Crippen LogP contribution in [0, 0.1) is 5.92 Å². The van der Waals surface area contributed by atoms with E-state index < -0.39 is 13.7 Å². The molecule has 0 spiro atoms. The topological polar surface area (TPSA) is 81.0 Å². The predicted octanol–water partition coefficient (Wildman–Crippen LogP) is 8.47. The molecule has 0 fully saturated rings. The highest BCUT2D eigenvalue weighted by molar-refractivity contribution is 7.51. The molecule has 0 saturated heterocycles. The maximum absolute atomic E-state index is 11.1. The number of aliphatic hydroxyl groups is 1. The van der Waals surface area contributed by atoms with Gasteiger partial charge in [0.2, 0.25) is 0 Å². The Balaban J connectivity index is 3.62. The molecule has 36 heavy (non-hydrogen) atoms. The molecule has 0 aliphatic heterocycles. The van der Waals surface area contributed by atoms with Crippen LogP contribution >= 0.6 is 7.60 Å². The van der Waals surface area contributed by atoms with Gasteiger partial charge in [0.25, 0.3) is 0 Å². The van der Waals surface area contributed by atoms with Gasteiger partial charge >= 0.3 is 7.60 Å². The predicted molar refractivity (Wildman–Crippen MR) is 157 cm³/mol. The summed E-state index contributed by atoms with van der Waals surface area (Å²) in [4.78, 5) is 20.2. The number of nitrogens with zero attached hydrogens (tertiary/aromatic N) is 1. The molecule has 0 bridgehead atoms. The van der Waals surface area contributed by atoms with Crippen LogP contribution in [0.2, 0.25) is 0 Å². The van der Waals surface area contributed by atoms with Crippen molar-refractivity contribution < 1.29 is 19.5 Å². The number of allylic oxidation sites excluding steroid dienone is 2. The van der Waals surface area contributed by atoms with Crippen molar-refractivity contribution in [3.8, 4) is 0 Å². The summed E-state index contributed by atoms with van der Waals surface area (Å²) in [5, 5.41) is 10.5. The van der Waals surface area contributed by atoms with Gasteiger partial charge in [-0.3, -0.25) is 4.57 Å². The van der Waals surface area contributed by atoms with Crippen LogP contribution in [0.5, 0.6) is 0 Å². The second-order valence-electron chi connectivity index (χ2n) is 11.3. The molecule has 5 nitrogen and oxygen atoms in total. The van der Waals surface area contributed by atoms with Gasteiger partial charge in [-0.25, -0.2) is 0 Å². The van der Waals surface area contributed by atoms with Crippen molar-refractivity contribution in [2.75, 3.05) is 26.8 Å². The Morgan fingerprint density at radius 1 is 0.667 bits per heavy atom. The third kappa shape index (κ3) is 26.9. The fraction of sp³-hybridized carbons (Fsp3) is 0.933. The van der Waals surface area contributed by atoms with Crippen LogP contribution in [0.3, 0.4) is 0 Å². The Morgan fingerprint density at radius 3 is 1.53 bits per heavy atom. The van der Waals surface area contributed by atoms with Gasteiger partial charge in [-0.2, -0.15) is 0 Å². The molecule has 2 unspecified atom stereocenters. The van der Waals surface area contributed by atoms with Gasteiger partial charge in [0.1, 0.15) is 0 Å². The standard InChI is InChI=1S/C30H62NO4P/c1-4-5-6-7-8-9-10-11-12-13-14-15-16-17-18-19-20-21-22-23-25-29(30(32)28-31(2)3)26-24-27-36(33,34)35/h11-12,29-30,32H,4-10,13-28H2,1-3H3,(H2,33,34,35)/b12-11-. The second kappa shape index (κ2) is 25.1. The summed E-state index contributed by atoms with van der Waals surface area (Å²) >= 11 is 0. The number of likely N-dealkylation sites (N-methyl/N-ethyl adjacent to an activating group) is 1. The lowest BCUT2D eigenvalue weighted by molar-refractivity contribution is 0.0693. The molecule has 0 radical (unpaired) electrons. The molecule has 2 atom stereocenters. The molecule has 0 heterocycles. The minimum atomic E-state index is -3.94. The van der Waals surface area contributed by atoms with E-state index in [0.717, 1.165) is 12.8 Å². The minimum Gasteiger partial charge on any atom is -0.392 e. The van der Waals surface area contributed by atoms with Crippen LogP contribution in [-0.4, -0.2) is 52.7 Å². The van der Waals surface area contributed by atoms with Gasteiger partial charge in [-0.15, -0.1) is 0 Å². The molecule has 0 aromatic carbocycles. The molecule has 0 amide bonds. The first-order valence-corrected chi connectivity index (χ1v) is 17.1. The van der Waals surface area contributed by atoms with E-state index in [4.69, 9.17) is 9.79 Å². The second-order valence-corrected chi connectivity index (χ2v) is 13.0. The zero-order chi connectivity index (χ0) is 26.9. The van der Waals surface area contributed by atoms with Gasteiger partial charge < -0.3 is 19.8 Å². The lowest BCUT2D eigenvalue weighted by Crippen LogP contribution is -2.32. The Labute approximate surface area is 224 Å². The summed E-state index contributed by atoms with van der Waals surface area (Å²) in [7, 11) is -0.0440. The van der Waals surface area contributed by atoms with Crippen molar-refractivity contribution >= 4 is 7.60 Å². The van der Waals surface area contributed by atoms with Crippen LogP contribution < -0.4 is 0 Å². The van der Waals surface area contributed by atoms with Crippen molar-refractivity contribution in [1.29, 1.82) is 0 Å². The van der Waals surface area contributed by atoms with Crippen LogP contribution in [0.1, 0.15) is 142 Å². The fourth-order valence-corrected chi connectivity index (χ4v) is 5.57. The van der Waals surface area contributed by atoms with E-state index in [1.54, 1.807) is 0 Å². The van der Waals surface area contributed by atoms with E-state index in [0.29, 0.717) is 19.4 Å². The SMILES string of the molecule is CCCCCCCC/C=C\CCCCCCCCCCCCC(CCCP(=O)(O)O)C(O)CN(C)C. The number of unbranched alkanes of at least 4 members (excludes halogenated alkanes) is 16. The Bertz CT molecular complexity index is 535. The first-order valence-electron chi connectivity index (χ1n) is 15.3. The summed E-state index contributed by atoms with van der Waals surface area (Å²) in [6.07, 6.45) is 30.2. The largest absolute Gasteiger partial charge is 0.392 e. The Hall–Kier alpha value is -0.190. The van der Waals surface area contributed by atoms with Gasteiger partial charge in [-0.05, 0) is 65.0 Å². The van der Waals surface area contributed by atoms with Crippen LogP contribution in [-0.2, 0) is 4.57 Å². The third-order valence-electron chi connectivity index (χ3n) is 7.21. The van der Waals surface area contributed by atoms with Crippen molar-refractivity contribution in [2.24, 2.45) is 5.92 Å². The molecular weight excluding hydrogens is 469 g/mol. The van der Waals surface area contributed by atoms with Crippen molar-refractivity contribution in [2.45, 2.75) is 148 Å². The van der Waals surface area contributed by atoms with Crippen LogP contribution in [0.4, 0.5) is 0 Å². The zero-order valence-corrected chi connectivity index (χ0v) is 25.1. The van der Waals surface area contributed by atoms with Crippen LogP contribution in [0.25, 0.3) is 0 Å². The van der Waals surface area contributed by atoms with E-state index >= 15 is 0 Å². The average Bonchev–Trinajstić information content (AvgIpc) is 2.80. The highest BCUT2D eigenvalue weighted by Gasteiger charge is 2.21. The van der Waals surface area contributed by atoms with E-state index in [2.05, 4.69) is 19.1 Å². The molecule has 0 aliphatic rings. The lowest BCUT2D eigenvalue weighted by Gasteiger charge is -2.25. The first kappa shape index (κ1) is 35.8. The third-order valence-corrected chi connectivity index (χ3v) is 8.11. The number of aliphatic hydroxyl groups excluding tert-OH is 1. The van der Waals surface area contributed by atoms with E-state index in [1.807, 2.05) is 19.0 Å². The fourth-order valence-electron chi connectivity index (χ4n) is 4.97. The summed E-state index contributed by atoms with van der Waals surface area (Å²) in [5.74, 6) is 0.129. The van der Waals surface area contributed by atoms with E-state index in [-0.39, 0.29) is 12.1 Å². The number of hydrogen-bond donors (Lipinski definition) is 3. The molecule has 0 rings (SSSR count). The molecule has 3 N–H and O–H groups in total. The first-order chi connectivity index (χ1) is 17.3. The summed E-state index contributed by atoms with van der Waals surface area (Å²) in [6, 6.07) is 0. The molecule has 0 aromatic heterocycles. The summed E-state index contributed by atoms with van der Waals surface area (Å²) in [6.45, 7) is 2.88. The highest BCUT2D eigenvalue weighted by Crippen LogP contribution is 2.36. The van der Waals surface area contributed by atoms with Crippen molar-refractivity contribution in [3.63, 3.8) is 0 Å².